The van der Waals surface area contributed by atoms with Crippen molar-refractivity contribution in [3.63, 3.8) is 0 Å². The van der Waals surface area contributed by atoms with Gasteiger partial charge in [0.2, 0.25) is 0 Å². The first-order valence-corrected chi connectivity index (χ1v) is 6.76. The van der Waals surface area contributed by atoms with Crippen LogP contribution in [0.1, 0.15) is 31.4 Å². The van der Waals surface area contributed by atoms with Crippen LogP contribution in [-0.4, -0.2) is 25.4 Å². The molecule has 6 heteroatoms. The van der Waals surface area contributed by atoms with Crippen LogP contribution in [0.3, 0.4) is 0 Å². The van der Waals surface area contributed by atoms with Crippen LogP contribution in [0, 0.1) is 11.6 Å². The summed E-state index contributed by atoms with van der Waals surface area (Å²) in [7, 11) is 0. The molecule has 1 aliphatic rings. The van der Waals surface area contributed by atoms with Crippen LogP contribution >= 0.6 is 0 Å². The zero-order chi connectivity index (χ0) is 14.6. The van der Waals surface area contributed by atoms with E-state index >= 15 is 0 Å². The molecule has 0 spiro atoms. The Morgan fingerprint density at radius 2 is 2.10 bits per heavy atom. The fourth-order valence-electron chi connectivity index (χ4n) is 2.78. The fraction of sp³-hybridized carbons (Fsp3) is 0.571. The highest BCUT2D eigenvalue weighted by Crippen LogP contribution is 2.38. The second kappa shape index (κ2) is 6.58. The maximum atomic E-state index is 14.0. The summed E-state index contributed by atoms with van der Waals surface area (Å²) in [6.45, 7) is 3.35. The number of ether oxygens (including phenoxy) is 2. The van der Waals surface area contributed by atoms with Gasteiger partial charge in [0.15, 0.2) is 0 Å². The highest BCUT2D eigenvalue weighted by atomic mass is 19.1. The average Bonchev–Trinajstić information content (AvgIpc) is 2.45. The van der Waals surface area contributed by atoms with E-state index in [9.17, 15) is 8.78 Å². The number of hydrogen-bond donors (Lipinski definition) is 2. The van der Waals surface area contributed by atoms with Gasteiger partial charge in [-0.2, -0.15) is 0 Å². The number of rotatable bonds is 5. The van der Waals surface area contributed by atoms with Crippen molar-refractivity contribution in [2.24, 2.45) is 5.84 Å². The number of nitrogens with two attached hydrogens (primary N) is 1. The van der Waals surface area contributed by atoms with E-state index in [0.717, 1.165) is 18.2 Å². The minimum absolute atomic E-state index is 0.183. The summed E-state index contributed by atoms with van der Waals surface area (Å²) in [5.41, 5.74) is 2.09. The zero-order valence-electron chi connectivity index (χ0n) is 11.5. The lowest BCUT2D eigenvalue weighted by Gasteiger charge is -2.43. The fourth-order valence-corrected chi connectivity index (χ4v) is 2.78. The van der Waals surface area contributed by atoms with Crippen molar-refractivity contribution in [1.82, 2.24) is 5.43 Å². The van der Waals surface area contributed by atoms with Crippen LogP contribution < -0.4 is 11.3 Å². The number of nitrogens with one attached hydrogen (secondary N) is 1. The van der Waals surface area contributed by atoms with Gasteiger partial charge in [-0.15, -0.1) is 0 Å². The third-order valence-corrected chi connectivity index (χ3v) is 3.73. The molecule has 1 heterocycles. The van der Waals surface area contributed by atoms with E-state index in [2.05, 4.69) is 5.43 Å². The Morgan fingerprint density at radius 1 is 1.40 bits per heavy atom. The minimum Gasteiger partial charge on any atom is -0.381 e. The Balaban J connectivity index is 2.39. The summed E-state index contributed by atoms with van der Waals surface area (Å²) < 4.78 is 38.6. The van der Waals surface area contributed by atoms with E-state index in [1.165, 1.54) is 0 Å². The molecule has 3 N–H and O–H groups in total. The quantitative estimate of drug-likeness (QED) is 0.642. The third kappa shape index (κ3) is 2.98. The normalized spacial score (nSPS) is 19.8. The van der Waals surface area contributed by atoms with E-state index in [-0.39, 0.29) is 5.56 Å². The van der Waals surface area contributed by atoms with Gasteiger partial charge in [-0.05, 0) is 25.1 Å². The van der Waals surface area contributed by atoms with Gasteiger partial charge in [0.05, 0.1) is 11.6 Å². The van der Waals surface area contributed by atoms with Crippen molar-refractivity contribution >= 4 is 0 Å². The zero-order valence-corrected chi connectivity index (χ0v) is 11.5. The van der Waals surface area contributed by atoms with Gasteiger partial charge in [0, 0.05) is 38.2 Å². The maximum absolute atomic E-state index is 14.0. The number of halogens is 2. The molecule has 1 atom stereocenters. The molecule has 1 aromatic carbocycles. The van der Waals surface area contributed by atoms with Crippen LogP contribution in [0.4, 0.5) is 8.78 Å². The van der Waals surface area contributed by atoms with Crippen LogP contribution in [0.2, 0.25) is 0 Å². The Kier molecular flexibility index (Phi) is 5.04. The molecule has 1 fully saturated rings. The molecule has 1 aromatic rings. The van der Waals surface area contributed by atoms with Crippen LogP contribution in [0.25, 0.3) is 0 Å². The smallest absolute Gasteiger partial charge is 0.128 e. The van der Waals surface area contributed by atoms with E-state index < -0.39 is 23.3 Å². The summed E-state index contributed by atoms with van der Waals surface area (Å²) in [5, 5.41) is 0. The van der Waals surface area contributed by atoms with Gasteiger partial charge in [0.25, 0.3) is 0 Å². The SMILES string of the molecule is CCOC1(C(NN)c2cc(F)ccc2F)CCOCC1. The lowest BCUT2D eigenvalue weighted by Crippen LogP contribution is -2.52. The van der Waals surface area contributed by atoms with Gasteiger partial charge in [0.1, 0.15) is 11.6 Å². The molecule has 0 aromatic heterocycles. The summed E-state index contributed by atoms with van der Waals surface area (Å²) in [5.74, 6) is 4.61. The van der Waals surface area contributed by atoms with Crippen LogP contribution in [0.15, 0.2) is 18.2 Å². The molecule has 0 saturated carbocycles. The monoisotopic (exact) mass is 286 g/mol. The van der Waals surface area contributed by atoms with E-state index in [1.54, 1.807) is 0 Å². The molecule has 0 radical (unpaired) electrons. The first-order chi connectivity index (χ1) is 9.63. The Bertz CT molecular complexity index is 445. The topological polar surface area (TPSA) is 56.5 Å². The van der Waals surface area contributed by atoms with Gasteiger partial charge in [-0.1, -0.05) is 0 Å². The minimum atomic E-state index is -0.684. The number of benzene rings is 1. The molecule has 4 nitrogen and oxygen atoms in total. The highest BCUT2D eigenvalue weighted by Gasteiger charge is 2.42. The lowest BCUT2D eigenvalue weighted by atomic mass is 9.82. The third-order valence-electron chi connectivity index (χ3n) is 3.73. The summed E-state index contributed by atoms with van der Waals surface area (Å²) >= 11 is 0. The van der Waals surface area contributed by atoms with Crippen molar-refractivity contribution in [2.45, 2.75) is 31.4 Å². The number of hydrazine groups is 1. The molecular weight excluding hydrogens is 266 g/mol. The van der Waals surface area contributed by atoms with Gasteiger partial charge in [-0.25, -0.2) is 14.2 Å². The number of hydrogen-bond acceptors (Lipinski definition) is 4. The van der Waals surface area contributed by atoms with E-state index in [4.69, 9.17) is 15.3 Å². The summed E-state index contributed by atoms with van der Waals surface area (Å²) in [4.78, 5) is 0. The summed E-state index contributed by atoms with van der Waals surface area (Å²) in [6, 6.07) is 2.73. The second-order valence-electron chi connectivity index (χ2n) is 4.88. The molecule has 0 aliphatic carbocycles. The Hall–Kier alpha value is -1.08. The summed E-state index contributed by atoms with van der Waals surface area (Å²) in [6.07, 6.45) is 1.15. The maximum Gasteiger partial charge on any atom is 0.128 e. The Labute approximate surface area is 117 Å². The van der Waals surface area contributed by atoms with Crippen molar-refractivity contribution < 1.29 is 18.3 Å². The van der Waals surface area contributed by atoms with E-state index in [1.807, 2.05) is 6.92 Å². The van der Waals surface area contributed by atoms with Crippen LogP contribution in [-0.2, 0) is 9.47 Å². The van der Waals surface area contributed by atoms with Gasteiger partial charge in [-0.3, -0.25) is 5.84 Å². The lowest BCUT2D eigenvalue weighted by molar-refractivity contribution is -0.128. The molecule has 1 unspecified atom stereocenters. The van der Waals surface area contributed by atoms with Crippen LogP contribution in [0.5, 0.6) is 0 Å². The van der Waals surface area contributed by atoms with Crippen molar-refractivity contribution in [3.8, 4) is 0 Å². The molecule has 20 heavy (non-hydrogen) atoms. The second-order valence-corrected chi connectivity index (χ2v) is 4.88. The van der Waals surface area contributed by atoms with Crippen molar-refractivity contribution in [1.29, 1.82) is 0 Å². The van der Waals surface area contributed by atoms with Crippen molar-refractivity contribution in [2.75, 3.05) is 19.8 Å². The molecular formula is C14H20F2N2O2. The predicted molar refractivity (Wildman–Crippen MR) is 70.8 cm³/mol. The molecule has 2 rings (SSSR count). The molecule has 1 saturated heterocycles. The molecule has 0 amide bonds. The largest absolute Gasteiger partial charge is 0.381 e. The average molecular weight is 286 g/mol. The molecule has 0 bridgehead atoms. The standard InChI is InChI=1S/C14H20F2N2O2/c1-2-20-14(5-7-19-8-6-14)13(18-17)11-9-10(15)3-4-12(11)16/h3-4,9,13,18H,2,5-8,17H2,1H3. The first-order valence-electron chi connectivity index (χ1n) is 6.76. The molecule has 1 aliphatic heterocycles. The van der Waals surface area contributed by atoms with E-state index in [0.29, 0.717) is 32.7 Å². The predicted octanol–water partition coefficient (Wildman–Crippen LogP) is 2.05. The Morgan fingerprint density at radius 3 is 2.70 bits per heavy atom. The van der Waals surface area contributed by atoms with Gasteiger partial charge < -0.3 is 9.47 Å². The van der Waals surface area contributed by atoms with Crippen molar-refractivity contribution in [3.05, 3.63) is 35.4 Å². The highest BCUT2D eigenvalue weighted by molar-refractivity contribution is 5.25. The van der Waals surface area contributed by atoms with Gasteiger partial charge >= 0.3 is 0 Å². The first kappa shape index (κ1) is 15.3. The molecule has 112 valence electrons.